The molecular formula is C20H15ClN2. The number of nitrogens with zero attached hydrogens (tertiary/aromatic N) is 1. The molecule has 1 heterocycles. The van der Waals surface area contributed by atoms with Crippen molar-refractivity contribution in [2.24, 2.45) is 4.99 Å². The predicted molar refractivity (Wildman–Crippen MR) is 97.7 cm³/mol. The van der Waals surface area contributed by atoms with Gasteiger partial charge in [-0.25, -0.2) is 4.99 Å². The Labute approximate surface area is 140 Å². The smallest absolute Gasteiger partial charge is 0.0872 e. The van der Waals surface area contributed by atoms with Crippen LogP contribution in [-0.4, -0.2) is 5.71 Å². The fourth-order valence-electron chi connectivity index (χ4n) is 2.81. The van der Waals surface area contributed by atoms with E-state index in [1.165, 1.54) is 5.56 Å². The van der Waals surface area contributed by atoms with Crippen LogP contribution in [0.1, 0.15) is 16.7 Å². The second-order valence-corrected chi connectivity index (χ2v) is 6.10. The highest BCUT2D eigenvalue weighted by Crippen LogP contribution is 2.37. The van der Waals surface area contributed by atoms with Crippen molar-refractivity contribution < 1.29 is 0 Å². The minimum absolute atomic E-state index is 0.705. The quantitative estimate of drug-likeness (QED) is 0.466. The van der Waals surface area contributed by atoms with Crippen LogP contribution in [0.4, 0.5) is 17.1 Å². The van der Waals surface area contributed by atoms with E-state index in [0.29, 0.717) is 5.02 Å². The van der Waals surface area contributed by atoms with Gasteiger partial charge >= 0.3 is 0 Å². The number of rotatable bonds is 1. The molecule has 0 bridgehead atoms. The Balaban J connectivity index is 2.01. The number of nitrogens with one attached hydrogen (secondary N) is 1. The molecule has 4 rings (SSSR count). The summed E-state index contributed by atoms with van der Waals surface area (Å²) in [5, 5.41) is 4.20. The SMILES string of the molecule is Cc1ccc2c(c1)Nc1ccc(Cl)cc1C(c1ccccc1)=N2. The van der Waals surface area contributed by atoms with Gasteiger partial charge in [-0.05, 0) is 42.8 Å². The molecule has 3 heteroatoms. The standard InChI is InChI=1S/C20H15ClN2/c1-13-7-9-18-19(11-13)22-17-10-8-15(21)12-16(17)20(23-18)14-5-3-2-4-6-14/h2-12,22H,1H3. The summed E-state index contributed by atoms with van der Waals surface area (Å²) < 4.78 is 0. The van der Waals surface area contributed by atoms with Crippen molar-refractivity contribution in [1.82, 2.24) is 0 Å². The number of benzene rings is 3. The summed E-state index contributed by atoms with van der Waals surface area (Å²) in [4.78, 5) is 4.93. The van der Waals surface area contributed by atoms with Gasteiger partial charge < -0.3 is 5.32 Å². The van der Waals surface area contributed by atoms with Gasteiger partial charge in [0.2, 0.25) is 0 Å². The summed E-state index contributed by atoms with van der Waals surface area (Å²) in [6.45, 7) is 2.08. The minimum atomic E-state index is 0.705. The van der Waals surface area contributed by atoms with Crippen molar-refractivity contribution in [2.45, 2.75) is 6.92 Å². The monoisotopic (exact) mass is 318 g/mol. The zero-order valence-corrected chi connectivity index (χ0v) is 13.4. The Morgan fingerprint density at radius 1 is 0.870 bits per heavy atom. The molecule has 2 nitrogen and oxygen atoms in total. The molecule has 23 heavy (non-hydrogen) atoms. The van der Waals surface area contributed by atoms with Crippen LogP contribution >= 0.6 is 11.6 Å². The second kappa shape index (κ2) is 5.56. The van der Waals surface area contributed by atoms with Gasteiger partial charge in [0.1, 0.15) is 0 Å². The Morgan fingerprint density at radius 3 is 2.52 bits per heavy atom. The van der Waals surface area contributed by atoms with E-state index in [4.69, 9.17) is 16.6 Å². The maximum Gasteiger partial charge on any atom is 0.0872 e. The Morgan fingerprint density at radius 2 is 1.70 bits per heavy atom. The first kappa shape index (κ1) is 14.0. The first-order chi connectivity index (χ1) is 11.2. The van der Waals surface area contributed by atoms with Gasteiger partial charge in [-0.3, -0.25) is 0 Å². The first-order valence-electron chi connectivity index (χ1n) is 7.52. The summed E-state index contributed by atoms with van der Waals surface area (Å²) in [6, 6.07) is 22.3. The Bertz CT molecular complexity index is 914. The Hall–Kier alpha value is -2.58. The maximum absolute atomic E-state index is 6.24. The van der Waals surface area contributed by atoms with Crippen LogP contribution in [0.15, 0.2) is 71.7 Å². The molecule has 112 valence electrons. The molecule has 0 saturated heterocycles. The van der Waals surface area contributed by atoms with Crippen LogP contribution in [0, 0.1) is 6.92 Å². The lowest BCUT2D eigenvalue weighted by atomic mass is 10.0. The highest BCUT2D eigenvalue weighted by Gasteiger charge is 2.18. The molecule has 1 aliphatic heterocycles. The van der Waals surface area contributed by atoms with Crippen molar-refractivity contribution in [2.75, 3.05) is 5.32 Å². The van der Waals surface area contributed by atoms with Gasteiger partial charge in [0.05, 0.1) is 17.1 Å². The molecule has 0 saturated carbocycles. The first-order valence-corrected chi connectivity index (χ1v) is 7.90. The number of aliphatic imine (C=N–C) groups is 1. The van der Waals surface area contributed by atoms with Gasteiger partial charge in [0.15, 0.2) is 0 Å². The zero-order valence-electron chi connectivity index (χ0n) is 12.7. The average Bonchev–Trinajstić information content (AvgIpc) is 2.72. The van der Waals surface area contributed by atoms with Crippen LogP contribution < -0.4 is 5.32 Å². The molecule has 0 unspecified atom stereocenters. The number of hydrogen-bond acceptors (Lipinski definition) is 2. The summed E-state index contributed by atoms with van der Waals surface area (Å²) >= 11 is 6.24. The molecule has 0 amide bonds. The molecule has 0 aliphatic carbocycles. The lowest BCUT2D eigenvalue weighted by molar-refractivity contribution is 1.42. The van der Waals surface area contributed by atoms with Gasteiger partial charge in [0, 0.05) is 21.8 Å². The lowest BCUT2D eigenvalue weighted by Gasteiger charge is -2.11. The van der Waals surface area contributed by atoms with Crippen LogP contribution in [0.25, 0.3) is 0 Å². The molecular weight excluding hydrogens is 304 g/mol. The van der Waals surface area contributed by atoms with Crippen molar-refractivity contribution in [3.8, 4) is 0 Å². The molecule has 1 aliphatic rings. The number of aryl methyl sites for hydroxylation is 1. The molecule has 0 atom stereocenters. The number of anilines is 2. The molecule has 0 fully saturated rings. The average molecular weight is 319 g/mol. The van der Waals surface area contributed by atoms with Crippen LogP contribution in [0.3, 0.4) is 0 Å². The number of hydrogen-bond donors (Lipinski definition) is 1. The molecule has 1 N–H and O–H groups in total. The lowest BCUT2D eigenvalue weighted by Crippen LogP contribution is -2.04. The third-order valence-corrected chi connectivity index (χ3v) is 4.17. The number of fused-ring (bicyclic) bond motifs is 2. The third-order valence-electron chi connectivity index (χ3n) is 3.94. The molecule has 0 aromatic heterocycles. The minimum Gasteiger partial charge on any atom is -0.353 e. The van der Waals surface area contributed by atoms with Crippen molar-refractivity contribution in [1.29, 1.82) is 0 Å². The van der Waals surface area contributed by atoms with E-state index in [9.17, 15) is 0 Å². The number of halogens is 1. The maximum atomic E-state index is 6.24. The van der Waals surface area contributed by atoms with E-state index in [2.05, 4.69) is 36.5 Å². The van der Waals surface area contributed by atoms with Crippen molar-refractivity contribution in [3.63, 3.8) is 0 Å². The highest BCUT2D eigenvalue weighted by atomic mass is 35.5. The van der Waals surface area contributed by atoms with E-state index in [1.54, 1.807) is 0 Å². The molecule has 3 aromatic carbocycles. The van der Waals surface area contributed by atoms with Gasteiger partial charge in [-0.1, -0.05) is 48.0 Å². The van der Waals surface area contributed by atoms with Crippen LogP contribution in [-0.2, 0) is 0 Å². The molecule has 3 aromatic rings. The topological polar surface area (TPSA) is 24.4 Å². The van der Waals surface area contributed by atoms with Crippen molar-refractivity contribution >= 4 is 34.4 Å². The Kier molecular flexibility index (Phi) is 3.40. The van der Waals surface area contributed by atoms with Crippen LogP contribution in [0.5, 0.6) is 0 Å². The van der Waals surface area contributed by atoms with Gasteiger partial charge in [-0.15, -0.1) is 0 Å². The van der Waals surface area contributed by atoms with E-state index in [1.807, 2.05) is 42.5 Å². The van der Waals surface area contributed by atoms with E-state index in [0.717, 1.165) is 33.9 Å². The van der Waals surface area contributed by atoms with E-state index < -0.39 is 0 Å². The normalized spacial score (nSPS) is 12.5. The molecule has 0 spiro atoms. The van der Waals surface area contributed by atoms with E-state index in [-0.39, 0.29) is 0 Å². The highest BCUT2D eigenvalue weighted by molar-refractivity contribution is 6.31. The van der Waals surface area contributed by atoms with Crippen LogP contribution in [0.2, 0.25) is 5.02 Å². The fourth-order valence-corrected chi connectivity index (χ4v) is 2.98. The largest absolute Gasteiger partial charge is 0.353 e. The van der Waals surface area contributed by atoms with Gasteiger partial charge in [0.25, 0.3) is 0 Å². The summed E-state index contributed by atoms with van der Waals surface area (Å²) in [6.07, 6.45) is 0. The zero-order chi connectivity index (χ0) is 15.8. The fraction of sp³-hybridized carbons (Fsp3) is 0.0500. The summed E-state index contributed by atoms with van der Waals surface area (Å²) in [7, 11) is 0. The predicted octanol–water partition coefficient (Wildman–Crippen LogP) is 5.87. The van der Waals surface area contributed by atoms with Crippen molar-refractivity contribution in [3.05, 3.63) is 88.4 Å². The summed E-state index contributed by atoms with van der Waals surface area (Å²) in [5.41, 5.74) is 7.18. The molecule has 0 radical (unpaired) electrons. The van der Waals surface area contributed by atoms with Gasteiger partial charge in [-0.2, -0.15) is 0 Å². The summed E-state index contributed by atoms with van der Waals surface area (Å²) in [5.74, 6) is 0. The van der Waals surface area contributed by atoms with E-state index >= 15 is 0 Å². The second-order valence-electron chi connectivity index (χ2n) is 5.66. The third kappa shape index (κ3) is 2.62.